The Kier molecular flexibility index (Phi) is 6.05. The number of carbonyl (C=O) groups is 2. The van der Waals surface area contributed by atoms with Crippen LogP contribution in [-0.4, -0.2) is 52.4 Å². The number of methoxy groups -OCH3 is 3. The molecule has 1 aliphatic heterocycles. The Morgan fingerprint density at radius 1 is 1.07 bits per heavy atom. The Hall–Kier alpha value is -2.48. The summed E-state index contributed by atoms with van der Waals surface area (Å²) in [6.45, 7) is 1.26. The quantitative estimate of drug-likeness (QED) is 0.713. The minimum atomic E-state index is -0.325. The van der Waals surface area contributed by atoms with Crippen LogP contribution in [0.4, 0.5) is 5.69 Å². The molecule has 3 rings (SSSR count). The van der Waals surface area contributed by atoms with E-state index in [2.05, 4.69) is 10.6 Å². The van der Waals surface area contributed by atoms with Crippen LogP contribution in [0.1, 0.15) is 19.3 Å². The third kappa shape index (κ3) is 4.44. The van der Waals surface area contributed by atoms with Crippen LogP contribution in [-0.2, 0) is 14.3 Å². The van der Waals surface area contributed by atoms with E-state index in [-0.39, 0.29) is 29.8 Å². The van der Waals surface area contributed by atoms with E-state index in [0.29, 0.717) is 35.9 Å². The van der Waals surface area contributed by atoms with Crippen LogP contribution in [0.25, 0.3) is 0 Å². The van der Waals surface area contributed by atoms with Crippen LogP contribution in [0.15, 0.2) is 12.1 Å². The van der Waals surface area contributed by atoms with Crippen molar-refractivity contribution in [2.75, 3.05) is 39.8 Å². The highest BCUT2D eigenvalue weighted by molar-refractivity contribution is 5.99. The predicted octanol–water partition coefficient (Wildman–Crippen LogP) is 1.58. The zero-order valence-corrected chi connectivity index (χ0v) is 15.9. The molecular formula is C19H26N2O6. The summed E-state index contributed by atoms with van der Waals surface area (Å²) >= 11 is 0. The molecular weight excluding hydrogens is 352 g/mol. The van der Waals surface area contributed by atoms with Crippen molar-refractivity contribution in [2.24, 2.45) is 11.8 Å². The maximum absolute atomic E-state index is 12.5. The first-order valence-electron chi connectivity index (χ1n) is 9.07. The lowest BCUT2D eigenvalue weighted by Gasteiger charge is -2.14. The van der Waals surface area contributed by atoms with Crippen molar-refractivity contribution in [1.29, 1.82) is 0 Å². The standard InChI is InChI=1S/C19H26N2O6/c1-24-15-7-11(8-16(25-2)17(15)26-3)21-19(23)14-9-13(14)18(22)20-10-12-5-4-6-27-12/h7-8,12-14H,4-6,9-10H2,1-3H3,(H,20,22)(H,21,23). The first-order valence-corrected chi connectivity index (χ1v) is 9.07. The minimum absolute atomic E-state index is 0.0875. The second-order valence-corrected chi connectivity index (χ2v) is 6.73. The molecule has 0 bridgehead atoms. The Balaban J connectivity index is 1.55. The normalized spacial score (nSPS) is 23.4. The summed E-state index contributed by atoms with van der Waals surface area (Å²) in [4.78, 5) is 24.7. The zero-order valence-electron chi connectivity index (χ0n) is 15.9. The van der Waals surface area contributed by atoms with Crippen LogP contribution in [0.3, 0.4) is 0 Å². The SMILES string of the molecule is COc1cc(NC(=O)C2CC2C(=O)NCC2CCCO2)cc(OC)c1OC. The Morgan fingerprint density at radius 2 is 1.74 bits per heavy atom. The molecule has 1 heterocycles. The summed E-state index contributed by atoms with van der Waals surface area (Å²) in [5, 5.41) is 5.71. The van der Waals surface area contributed by atoms with Crippen molar-refractivity contribution in [3.05, 3.63) is 12.1 Å². The Morgan fingerprint density at radius 3 is 2.30 bits per heavy atom. The summed E-state index contributed by atoms with van der Waals surface area (Å²) in [6, 6.07) is 3.32. The highest BCUT2D eigenvalue weighted by Crippen LogP contribution is 2.42. The number of anilines is 1. The summed E-state index contributed by atoms with van der Waals surface area (Å²) in [6.07, 6.45) is 2.65. The molecule has 0 radical (unpaired) electrons. The summed E-state index contributed by atoms with van der Waals surface area (Å²) in [5.74, 6) is 0.470. The van der Waals surface area contributed by atoms with Gasteiger partial charge in [-0.05, 0) is 19.3 Å². The highest BCUT2D eigenvalue weighted by Gasteiger charge is 2.48. The Labute approximate surface area is 158 Å². The van der Waals surface area contributed by atoms with Gasteiger partial charge >= 0.3 is 0 Å². The minimum Gasteiger partial charge on any atom is -0.493 e. The second-order valence-electron chi connectivity index (χ2n) is 6.73. The molecule has 2 amide bonds. The number of hydrogen-bond donors (Lipinski definition) is 2. The van der Waals surface area contributed by atoms with Crippen LogP contribution in [0.2, 0.25) is 0 Å². The molecule has 1 saturated heterocycles. The van der Waals surface area contributed by atoms with E-state index in [9.17, 15) is 9.59 Å². The van der Waals surface area contributed by atoms with Gasteiger partial charge in [-0.3, -0.25) is 9.59 Å². The largest absolute Gasteiger partial charge is 0.493 e. The monoisotopic (exact) mass is 378 g/mol. The lowest BCUT2D eigenvalue weighted by atomic mass is 10.2. The van der Waals surface area contributed by atoms with E-state index >= 15 is 0 Å². The van der Waals surface area contributed by atoms with Crippen molar-refractivity contribution in [1.82, 2.24) is 5.32 Å². The van der Waals surface area contributed by atoms with Gasteiger partial charge in [0, 0.05) is 31.0 Å². The van der Waals surface area contributed by atoms with Crippen molar-refractivity contribution < 1.29 is 28.5 Å². The van der Waals surface area contributed by atoms with Crippen molar-refractivity contribution in [3.8, 4) is 17.2 Å². The van der Waals surface area contributed by atoms with Crippen molar-refractivity contribution in [3.63, 3.8) is 0 Å². The molecule has 1 aliphatic carbocycles. The molecule has 148 valence electrons. The molecule has 8 heteroatoms. The number of amides is 2. The third-order valence-electron chi connectivity index (χ3n) is 4.92. The first-order chi connectivity index (χ1) is 13.1. The third-order valence-corrected chi connectivity index (χ3v) is 4.92. The zero-order chi connectivity index (χ0) is 19.4. The fraction of sp³-hybridized carbons (Fsp3) is 0.579. The van der Waals surface area contributed by atoms with Crippen LogP contribution < -0.4 is 24.8 Å². The first kappa shape index (κ1) is 19.3. The van der Waals surface area contributed by atoms with Gasteiger partial charge < -0.3 is 29.6 Å². The van der Waals surface area contributed by atoms with Crippen molar-refractivity contribution in [2.45, 2.75) is 25.4 Å². The van der Waals surface area contributed by atoms with Gasteiger partial charge in [-0.1, -0.05) is 0 Å². The molecule has 2 N–H and O–H groups in total. The molecule has 27 heavy (non-hydrogen) atoms. The molecule has 1 aromatic carbocycles. The number of benzene rings is 1. The predicted molar refractivity (Wildman–Crippen MR) is 98.3 cm³/mol. The number of ether oxygens (including phenoxy) is 4. The summed E-state index contributed by atoms with van der Waals surface area (Å²) in [5.41, 5.74) is 0.528. The molecule has 2 aliphatic rings. The van der Waals surface area contributed by atoms with Gasteiger partial charge in [0.05, 0.1) is 39.3 Å². The topological polar surface area (TPSA) is 95.1 Å². The fourth-order valence-corrected chi connectivity index (χ4v) is 3.31. The van der Waals surface area contributed by atoms with E-state index in [1.807, 2.05) is 0 Å². The van der Waals surface area contributed by atoms with Crippen LogP contribution >= 0.6 is 0 Å². The van der Waals surface area contributed by atoms with Gasteiger partial charge in [0.15, 0.2) is 11.5 Å². The number of nitrogens with one attached hydrogen (secondary N) is 2. The van der Waals surface area contributed by atoms with Crippen LogP contribution in [0.5, 0.6) is 17.2 Å². The van der Waals surface area contributed by atoms with Gasteiger partial charge in [0.1, 0.15) is 0 Å². The van der Waals surface area contributed by atoms with E-state index in [4.69, 9.17) is 18.9 Å². The van der Waals surface area contributed by atoms with Crippen LogP contribution in [0, 0.1) is 11.8 Å². The maximum atomic E-state index is 12.5. The molecule has 2 fully saturated rings. The maximum Gasteiger partial charge on any atom is 0.228 e. The average molecular weight is 378 g/mol. The Bertz CT molecular complexity index is 676. The smallest absolute Gasteiger partial charge is 0.228 e. The fourth-order valence-electron chi connectivity index (χ4n) is 3.31. The molecule has 8 nitrogen and oxygen atoms in total. The highest BCUT2D eigenvalue weighted by atomic mass is 16.5. The molecule has 0 aromatic heterocycles. The molecule has 1 aromatic rings. The lowest BCUT2D eigenvalue weighted by Crippen LogP contribution is -2.33. The molecule has 0 spiro atoms. The van der Waals surface area contributed by atoms with E-state index < -0.39 is 0 Å². The van der Waals surface area contributed by atoms with E-state index in [1.165, 1.54) is 21.3 Å². The molecule has 3 unspecified atom stereocenters. The second kappa shape index (κ2) is 8.47. The lowest BCUT2D eigenvalue weighted by molar-refractivity contribution is -0.125. The summed E-state index contributed by atoms with van der Waals surface area (Å²) < 4.78 is 21.3. The van der Waals surface area contributed by atoms with Crippen molar-refractivity contribution >= 4 is 17.5 Å². The van der Waals surface area contributed by atoms with E-state index in [0.717, 1.165) is 19.4 Å². The molecule has 1 saturated carbocycles. The number of carbonyl (C=O) groups excluding carboxylic acids is 2. The number of rotatable bonds is 8. The summed E-state index contributed by atoms with van der Waals surface area (Å²) in [7, 11) is 4.54. The van der Waals surface area contributed by atoms with Gasteiger partial charge in [-0.25, -0.2) is 0 Å². The van der Waals surface area contributed by atoms with E-state index in [1.54, 1.807) is 12.1 Å². The average Bonchev–Trinajstić information content (AvgIpc) is 3.32. The van der Waals surface area contributed by atoms with Gasteiger partial charge in [-0.15, -0.1) is 0 Å². The number of hydrogen-bond acceptors (Lipinski definition) is 6. The van der Waals surface area contributed by atoms with Gasteiger partial charge in [0.25, 0.3) is 0 Å². The molecule has 3 atom stereocenters. The van der Waals surface area contributed by atoms with Gasteiger partial charge in [-0.2, -0.15) is 0 Å². The van der Waals surface area contributed by atoms with Gasteiger partial charge in [0.2, 0.25) is 17.6 Å².